The molecule has 2 atom stereocenters. The number of hydrogen-bond donors (Lipinski definition) is 2. The van der Waals surface area contributed by atoms with Gasteiger partial charge in [-0.3, -0.25) is 0 Å². The maximum Gasteiger partial charge on any atom is 0.120 e. The van der Waals surface area contributed by atoms with Gasteiger partial charge in [-0.15, -0.1) is 0 Å². The van der Waals surface area contributed by atoms with Gasteiger partial charge in [0.2, 0.25) is 0 Å². The molecule has 1 rings (SSSR count). The fourth-order valence-electron chi connectivity index (χ4n) is 1.91. The lowest BCUT2D eigenvalue weighted by atomic mass is 10.0. The molecule has 0 aliphatic heterocycles. The molecule has 0 saturated heterocycles. The highest BCUT2D eigenvalue weighted by atomic mass is 16.5. The second-order valence-electron chi connectivity index (χ2n) is 4.19. The standard InChI is InChI=1S/C14H23NO2/c1-4-13(15-10-11(3)17-5-2)12-8-6-7-9-14(12)16/h6-9,11,13,15-16H,4-5,10H2,1-3H3. The molecule has 3 heteroatoms. The summed E-state index contributed by atoms with van der Waals surface area (Å²) in [6, 6.07) is 7.66. The van der Waals surface area contributed by atoms with E-state index in [1.54, 1.807) is 6.07 Å². The van der Waals surface area contributed by atoms with E-state index in [0.717, 1.165) is 25.1 Å². The molecular formula is C14H23NO2. The van der Waals surface area contributed by atoms with Crippen LogP contribution in [0.3, 0.4) is 0 Å². The van der Waals surface area contributed by atoms with Gasteiger partial charge in [-0.2, -0.15) is 0 Å². The van der Waals surface area contributed by atoms with E-state index >= 15 is 0 Å². The van der Waals surface area contributed by atoms with Crippen molar-refractivity contribution in [1.82, 2.24) is 5.32 Å². The van der Waals surface area contributed by atoms with Crippen molar-refractivity contribution in [1.29, 1.82) is 0 Å². The molecule has 2 unspecified atom stereocenters. The van der Waals surface area contributed by atoms with Gasteiger partial charge in [0.05, 0.1) is 6.10 Å². The summed E-state index contributed by atoms with van der Waals surface area (Å²) < 4.78 is 5.48. The summed E-state index contributed by atoms with van der Waals surface area (Å²) in [5, 5.41) is 13.2. The van der Waals surface area contributed by atoms with Crippen LogP contribution in [0.15, 0.2) is 24.3 Å². The molecule has 1 aromatic rings. The Morgan fingerprint density at radius 1 is 1.29 bits per heavy atom. The van der Waals surface area contributed by atoms with E-state index in [9.17, 15) is 5.11 Å². The van der Waals surface area contributed by atoms with Gasteiger partial charge in [0.25, 0.3) is 0 Å². The van der Waals surface area contributed by atoms with Crippen LogP contribution in [0.25, 0.3) is 0 Å². The van der Waals surface area contributed by atoms with Gasteiger partial charge in [0.1, 0.15) is 5.75 Å². The maximum atomic E-state index is 9.81. The van der Waals surface area contributed by atoms with Gasteiger partial charge >= 0.3 is 0 Å². The Morgan fingerprint density at radius 3 is 2.59 bits per heavy atom. The minimum absolute atomic E-state index is 0.180. The first-order chi connectivity index (χ1) is 8.19. The first-order valence-electron chi connectivity index (χ1n) is 6.31. The lowest BCUT2D eigenvalue weighted by molar-refractivity contribution is 0.0737. The number of aromatic hydroxyl groups is 1. The van der Waals surface area contributed by atoms with E-state index in [1.165, 1.54) is 0 Å². The second-order valence-corrected chi connectivity index (χ2v) is 4.19. The Labute approximate surface area is 104 Å². The number of ether oxygens (including phenoxy) is 1. The molecule has 17 heavy (non-hydrogen) atoms. The van der Waals surface area contributed by atoms with Crippen molar-refractivity contribution >= 4 is 0 Å². The fourth-order valence-corrected chi connectivity index (χ4v) is 1.91. The third kappa shape index (κ3) is 4.36. The van der Waals surface area contributed by atoms with Crippen LogP contribution in [0.5, 0.6) is 5.75 Å². The molecule has 0 radical (unpaired) electrons. The largest absolute Gasteiger partial charge is 0.508 e. The van der Waals surface area contributed by atoms with E-state index in [2.05, 4.69) is 12.2 Å². The minimum Gasteiger partial charge on any atom is -0.508 e. The van der Waals surface area contributed by atoms with Gasteiger partial charge in [0, 0.05) is 24.8 Å². The number of nitrogens with one attached hydrogen (secondary N) is 1. The summed E-state index contributed by atoms with van der Waals surface area (Å²) in [6.07, 6.45) is 1.14. The molecule has 1 aromatic carbocycles. The van der Waals surface area contributed by atoms with Crippen LogP contribution in [-0.2, 0) is 4.74 Å². The van der Waals surface area contributed by atoms with Crippen molar-refractivity contribution in [3.05, 3.63) is 29.8 Å². The van der Waals surface area contributed by atoms with Crippen LogP contribution in [0.4, 0.5) is 0 Å². The Morgan fingerprint density at radius 2 is 2.00 bits per heavy atom. The average molecular weight is 237 g/mol. The van der Waals surface area contributed by atoms with Crippen molar-refractivity contribution in [2.45, 2.75) is 39.3 Å². The molecule has 96 valence electrons. The van der Waals surface area contributed by atoms with Gasteiger partial charge in [-0.25, -0.2) is 0 Å². The first-order valence-corrected chi connectivity index (χ1v) is 6.31. The molecule has 0 aromatic heterocycles. The summed E-state index contributed by atoms with van der Waals surface area (Å²) in [4.78, 5) is 0. The van der Waals surface area contributed by atoms with Crippen molar-refractivity contribution in [3.63, 3.8) is 0 Å². The molecule has 0 heterocycles. The van der Waals surface area contributed by atoms with Crippen LogP contribution < -0.4 is 5.32 Å². The predicted molar refractivity (Wildman–Crippen MR) is 70.2 cm³/mol. The molecule has 0 aliphatic rings. The number of rotatable bonds is 7. The number of phenolic OH excluding ortho intramolecular Hbond substituents is 1. The lowest BCUT2D eigenvalue weighted by Crippen LogP contribution is -2.30. The predicted octanol–water partition coefficient (Wildman–Crippen LogP) is 2.86. The second kappa shape index (κ2) is 7.30. The van der Waals surface area contributed by atoms with Crippen LogP contribution in [0.1, 0.15) is 38.8 Å². The molecule has 0 spiro atoms. The normalized spacial score (nSPS) is 14.5. The summed E-state index contributed by atoms with van der Waals surface area (Å²) in [5.74, 6) is 0.357. The quantitative estimate of drug-likeness (QED) is 0.766. The zero-order valence-electron chi connectivity index (χ0n) is 10.9. The van der Waals surface area contributed by atoms with Gasteiger partial charge < -0.3 is 15.2 Å². The Hall–Kier alpha value is -1.06. The van der Waals surface area contributed by atoms with Crippen LogP contribution in [0.2, 0.25) is 0 Å². The smallest absolute Gasteiger partial charge is 0.120 e. The summed E-state index contributed by atoms with van der Waals surface area (Å²) in [5.41, 5.74) is 0.957. The summed E-state index contributed by atoms with van der Waals surface area (Å²) in [6.45, 7) is 7.68. The maximum absolute atomic E-state index is 9.81. The van der Waals surface area contributed by atoms with E-state index in [1.807, 2.05) is 32.0 Å². The lowest BCUT2D eigenvalue weighted by Gasteiger charge is -2.21. The van der Waals surface area contributed by atoms with Crippen molar-refractivity contribution in [2.75, 3.05) is 13.2 Å². The van der Waals surface area contributed by atoms with Gasteiger partial charge in [0.15, 0.2) is 0 Å². The Bertz CT molecular complexity index is 328. The van der Waals surface area contributed by atoms with E-state index in [-0.39, 0.29) is 12.1 Å². The molecule has 0 amide bonds. The first kappa shape index (κ1) is 14.0. The highest BCUT2D eigenvalue weighted by molar-refractivity contribution is 5.34. The zero-order chi connectivity index (χ0) is 12.7. The number of benzene rings is 1. The van der Waals surface area contributed by atoms with Gasteiger partial charge in [-0.1, -0.05) is 25.1 Å². The molecule has 0 fully saturated rings. The monoisotopic (exact) mass is 237 g/mol. The summed E-state index contributed by atoms with van der Waals surface area (Å²) >= 11 is 0. The minimum atomic E-state index is 0.180. The summed E-state index contributed by atoms with van der Waals surface area (Å²) in [7, 11) is 0. The Balaban J connectivity index is 2.57. The topological polar surface area (TPSA) is 41.5 Å². The SMILES string of the molecule is CCOC(C)CNC(CC)c1ccccc1O. The highest BCUT2D eigenvalue weighted by Gasteiger charge is 2.13. The molecule has 2 N–H and O–H groups in total. The third-order valence-electron chi connectivity index (χ3n) is 2.82. The Kier molecular flexibility index (Phi) is 6.01. The molecule has 0 aliphatic carbocycles. The van der Waals surface area contributed by atoms with E-state index < -0.39 is 0 Å². The fraction of sp³-hybridized carbons (Fsp3) is 0.571. The third-order valence-corrected chi connectivity index (χ3v) is 2.82. The molecule has 0 bridgehead atoms. The van der Waals surface area contributed by atoms with Crippen LogP contribution in [-0.4, -0.2) is 24.4 Å². The van der Waals surface area contributed by atoms with Crippen molar-refractivity contribution < 1.29 is 9.84 Å². The molecular weight excluding hydrogens is 214 g/mol. The number of phenols is 1. The average Bonchev–Trinajstić information content (AvgIpc) is 2.32. The molecule has 3 nitrogen and oxygen atoms in total. The van der Waals surface area contributed by atoms with Crippen molar-refractivity contribution in [2.24, 2.45) is 0 Å². The zero-order valence-corrected chi connectivity index (χ0v) is 10.9. The van der Waals surface area contributed by atoms with E-state index in [4.69, 9.17) is 4.74 Å². The molecule has 0 saturated carbocycles. The highest BCUT2D eigenvalue weighted by Crippen LogP contribution is 2.25. The van der Waals surface area contributed by atoms with Crippen LogP contribution in [0, 0.1) is 0 Å². The van der Waals surface area contributed by atoms with Crippen molar-refractivity contribution in [3.8, 4) is 5.75 Å². The van der Waals surface area contributed by atoms with Gasteiger partial charge in [-0.05, 0) is 26.3 Å². The number of hydrogen-bond acceptors (Lipinski definition) is 3. The van der Waals surface area contributed by atoms with E-state index in [0.29, 0.717) is 5.75 Å². The van der Waals surface area contributed by atoms with Crippen LogP contribution >= 0.6 is 0 Å². The number of para-hydroxylation sites is 1.